The van der Waals surface area contributed by atoms with Crippen LogP contribution in [0.1, 0.15) is 18.0 Å². The van der Waals surface area contributed by atoms with E-state index in [1.807, 2.05) is 30.5 Å². The van der Waals surface area contributed by atoms with Crippen molar-refractivity contribution < 1.29 is 0 Å². The SMILES string of the molecule is NC(CCNc1nccn2nccc12)c1ccccc1. The molecule has 1 atom stereocenters. The Balaban J connectivity index is 1.61. The van der Waals surface area contributed by atoms with Crippen molar-refractivity contribution in [1.29, 1.82) is 0 Å². The van der Waals surface area contributed by atoms with Crippen molar-refractivity contribution in [2.24, 2.45) is 5.73 Å². The third-order valence-electron chi connectivity index (χ3n) is 3.30. The zero-order chi connectivity index (χ0) is 13.8. The number of nitrogens with one attached hydrogen (secondary N) is 1. The summed E-state index contributed by atoms with van der Waals surface area (Å²) in [6, 6.07) is 12.1. The van der Waals surface area contributed by atoms with E-state index in [1.54, 1.807) is 16.9 Å². The maximum atomic E-state index is 6.17. The quantitative estimate of drug-likeness (QED) is 0.744. The summed E-state index contributed by atoms with van der Waals surface area (Å²) >= 11 is 0. The first-order valence-corrected chi connectivity index (χ1v) is 6.67. The van der Waals surface area contributed by atoms with Gasteiger partial charge in [0.15, 0.2) is 5.82 Å². The number of nitrogens with zero attached hydrogens (tertiary/aromatic N) is 3. The lowest BCUT2D eigenvalue weighted by Crippen LogP contribution is -2.15. The third kappa shape index (κ3) is 2.62. The van der Waals surface area contributed by atoms with Gasteiger partial charge < -0.3 is 11.1 Å². The van der Waals surface area contributed by atoms with Crippen molar-refractivity contribution in [3.8, 4) is 0 Å². The predicted octanol–water partition coefficient (Wildman–Crippen LogP) is 2.23. The lowest BCUT2D eigenvalue weighted by Gasteiger charge is -2.13. The number of rotatable bonds is 5. The summed E-state index contributed by atoms with van der Waals surface area (Å²) in [6.07, 6.45) is 6.18. The Morgan fingerprint density at radius 1 is 1.15 bits per heavy atom. The van der Waals surface area contributed by atoms with Gasteiger partial charge >= 0.3 is 0 Å². The molecule has 0 spiro atoms. The largest absolute Gasteiger partial charge is 0.368 e. The molecule has 0 saturated heterocycles. The number of aromatic nitrogens is 3. The van der Waals surface area contributed by atoms with Crippen LogP contribution in [-0.2, 0) is 0 Å². The predicted molar refractivity (Wildman–Crippen MR) is 79.5 cm³/mol. The summed E-state index contributed by atoms with van der Waals surface area (Å²) < 4.78 is 1.80. The average molecular weight is 267 g/mol. The molecule has 0 saturated carbocycles. The van der Waals surface area contributed by atoms with E-state index >= 15 is 0 Å². The summed E-state index contributed by atoms with van der Waals surface area (Å²) in [5.41, 5.74) is 8.30. The van der Waals surface area contributed by atoms with E-state index in [-0.39, 0.29) is 6.04 Å². The Morgan fingerprint density at radius 2 is 2.00 bits per heavy atom. The van der Waals surface area contributed by atoms with Crippen molar-refractivity contribution in [2.45, 2.75) is 12.5 Å². The average Bonchev–Trinajstić information content (AvgIpc) is 2.97. The van der Waals surface area contributed by atoms with Crippen LogP contribution >= 0.6 is 0 Å². The van der Waals surface area contributed by atoms with Crippen LogP contribution in [0.5, 0.6) is 0 Å². The Bertz CT molecular complexity index is 677. The number of fused-ring (bicyclic) bond motifs is 1. The Hall–Kier alpha value is -2.40. The number of anilines is 1. The molecule has 5 heteroatoms. The maximum absolute atomic E-state index is 6.17. The minimum atomic E-state index is 0.0355. The van der Waals surface area contributed by atoms with Crippen LogP contribution < -0.4 is 11.1 Å². The highest BCUT2D eigenvalue weighted by Gasteiger charge is 2.06. The highest BCUT2D eigenvalue weighted by atomic mass is 15.2. The van der Waals surface area contributed by atoms with Crippen LogP contribution in [0, 0.1) is 0 Å². The second-order valence-electron chi connectivity index (χ2n) is 4.67. The van der Waals surface area contributed by atoms with Crippen molar-refractivity contribution >= 4 is 11.3 Å². The molecule has 0 aliphatic carbocycles. The third-order valence-corrected chi connectivity index (χ3v) is 3.30. The van der Waals surface area contributed by atoms with Gasteiger partial charge in [-0.2, -0.15) is 5.10 Å². The first-order valence-electron chi connectivity index (χ1n) is 6.67. The molecular formula is C15H17N5. The van der Waals surface area contributed by atoms with Crippen LogP contribution in [0.3, 0.4) is 0 Å². The van der Waals surface area contributed by atoms with Gasteiger partial charge in [-0.05, 0) is 18.1 Å². The van der Waals surface area contributed by atoms with Gasteiger partial charge in [0.25, 0.3) is 0 Å². The number of nitrogens with two attached hydrogens (primary N) is 1. The first-order chi connectivity index (χ1) is 9.84. The van der Waals surface area contributed by atoms with E-state index in [4.69, 9.17) is 5.73 Å². The maximum Gasteiger partial charge on any atom is 0.152 e. The van der Waals surface area contributed by atoms with Crippen molar-refractivity contribution in [1.82, 2.24) is 14.6 Å². The molecule has 3 N–H and O–H groups in total. The molecule has 0 amide bonds. The van der Waals surface area contributed by atoms with Gasteiger partial charge in [-0.25, -0.2) is 9.50 Å². The van der Waals surface area contributed by atoms with E-state index < -0.39 is 0 Å². The van der Waals surface area contributed by atoms with Gasteiger partial charge in [0.2, 0.25) is 0 Å². The molecular weight excluding hydrogens is 250 g/mol. The molecule has 1 unspecified atom stereocenters. The molecule has 0 fully saturated rings. The van der Waals surface area contributed by atoms with E-state index in [0.29, 0.717) is 0 Å². The van der Waals surface area contributed by atoms with E-state index in [0.717, 1.165) is 29.9 Å². The van der Waals surface area contributed by atoms with Gasteiger partial charge in [-0.1, -0.05) is 30.3 Å². The van der Waals surface area contributed by atoms with E-state index in [2.05, 4.69) is 27.5 Å². The lowest BCUT2D eigenvalue weighted by molar-refractivity contribution is 0.674. The first kappa shape index (κ1) is 12.6. The zero-order valence-corrected chi connectivity index (χ0v) is 11.1. The van der Waals surface area contributed by atoms with Crippen molar-refractivity contribution in [3.63, 3.8) is 0 Å². The standard InChI is InChI=1S/C15H17N5/c16-13(12-4-2-1-3-5-12)6-8-17-15-14-7-9-19-20(14)11-10-18-15/h1-5,7,9-11,13H,6,8,16H2,(H,17,18). The van der Waals surface area contributed by atoms with Crippen molar-refractivity contribution in [2.75, 3.05) is 11.9 Å². The smallest absolute Gasteiger partial charge is 0.152 e. The van der Waals surface area contributed by atoms with Gasteiger partial charge in [0.1, 0.15) is 5.52 Å². The molecule has 20 heavy (non-hydrogen) atoms. The molecule has 102 valence electrons. The van der Waals surface area contributed by atoms with E-state index in [9.17, 15) is 0 Å². The minimum Gasteiger partial charge on any atom is -0.368 e. The van der Waals surface area contributed by atoms with Gasteiger partial charge in [0, 0.05) is 25.0 Å². The summed E-state index contributed by atoms with van der Waals surface area (Å²) in [5.74, 6) is 0.838. The molecule has 2 heterocycles. The Morgan fingerprint density at radius 3 is 2.85 bits per heavy atom. The molecule has 5 nitrogen and oxygen atoms in total. The number of benzene rings is 1. The normalized spacial score (nSPS) is 12.4. The zero-order valence-electron chi connectivity index (χ0n) is 11.1. The topological polar surface area (TPSA) is 68.2 Å². The molecule has 2 aromatic heterocycles. The summed E-state index contributed by atoms with van der Waals surface area (Å²) in [5, 5.41) is 7.50. The van der Waals surface area contributed by atoms with Gasteiger partial charge in [-0.3, -0.25) is 0 Å². The molecule has 1 aromatic carbocycles. The molecule has 0 aliphatic heterocycles. The van der Waals surface area contributed by atoms with Gasteiger partial charge in [0.05, 0.1) is 6.20 Å². The monoisotopic (exact) mass is 267 g/mol. The Kier molecular flexibility index (Phi) is 3.60. The molecule has 3 rings (SSSR count). The number of hydrogen-bond acceptors (Lipinski definition) is 4. The number of hydrogen-bond donors (Lipinski definition) is 2. The van der Waals surface area contributed by atoms with Crippen LogP contribution in [0.25, 0.3) is 5.52 Å². The van der Waals surface area contributed by atoms with Crippen LogP contribution in [0.15, 0.2) is 55.0 Å². The molecule has 0 aliphatic rings. The second kappa shape index (κ2) is 5.71. The fraction of sp³-hybridized carbons (Fsp3) is 0.200. The van der Waals surface area contributed by atoms with Crippen LogP contribution in [-0.4, -0.2) is 21.1 Å². The second-order valence-corrected chi connectivity index (χ2v) is 4.67. The lowest BCUT2D eigenvalue weighted by atomic mass is 10.1. The fourth-order valence-electron chi connectivity index (χ4n) is 2.21. The van der Waals surface area contributed by atoms with Crippen LogP contribution in [0.2, 0.25) is 0 Å². The molecule has 3 aromatic rings. The van der Waals surface area contributed by atoms with Gasteiger partial charge in [-0.15, -0.1) is 0 Å². The Labute approximate surface area is 117 Å². The van der Waals surface area contributed by atoms with E-state index in [1.165, 1.54) is 0 Å². The fourth-order valence-corrected chi connectivity index (χ4v) is 2.21. The highest BCUT2D eigenvalue weighted by molar-refractivity contribution is 5.66. The summed E-state index contributed by atoms with van der Waals surface area (Å²) in [7, 11) is 0. The highest BCUT2D eigenvalue weighted by Crippen LogP contribution is 2.15. The minimum absolute atomic E-state index is 0.0355. The summed E-state index contributed by atoms with van der Waals surface area (Å²) in [6.45, 7) is 0.772. The van der Waals surface area contributed by atoms with Crippen molar-refractivity contribution in [3.05, 3.63) is 60.6 Å². The summed E-state index contributed by atoms with van der Waals surface area (Å²) in [4.78, 5) is 4.34. The molecule has 0 bridgehead atoms. The molecule has 0 radical (unpaired) electrons. The van der Waals surface area contributed by atoms with Crippen LogP contribution in [0.4, 0.5) is 5.82 Å².